The van der Waals surface area contributed by atoms with Crippen LogP contribution in [0.2, 0.25) is 0 Å². The Balaban J connectivity index is 0.673. The van der Waals surface area contributed by atoms with Crippen LogP contribution in [0.25, 0.3) is 22.3 Å². The molecule has 6 heterocycles. The molecule has 2 aromatic heterocycles. The van der Waals surface area contributed by atoms with Gasteiger partial charge in [0.2, 0.25) is 11.8 Å². The molecule has 2 saturated carbocycles. The van der Waals surface area contributed by atoms with Crippen molar-refractivity contribution in [3.63, 3.8) is 0 Å². The third-order valence-electron chi connectivity index (χ3n) is 13.8. The molecule has 15 nitrogen and oxygen atoms in total. The lowest BCUT2D eigenvalue weighted by Crippen LogP contribution is -2.52. The van der Waals surface area contributed by atoms with Crippen molar-refractivity contribution in [2.24, 2.45) is 5.92 Å². The number of ether oxygens (including phenoxy) is 3. The molecule has 4 aliphatic heterocycles. The summed E-state index contributed by atoms with van der Waals surface area (Å²) in [7, 11) is 1.65. The Bertz CT molecular complexity index is 2270. The fourth-order valence-electron chi connectivity index (χ4n) is 10.0. The van der Waals surface area contributed by atoms with Crippen LogP contribution < -0.4 is 24.6 Å². The van der Waals surface area contributed by atoms with Gasteiger partial charge in [0.05, 0.1) is 48.5 Å². The van der Waals surface area contributed by atoms with E-state index in [1.165, 1.54) is 12.8 Å². The van der Waals surface area contributed by atoms with Gasteiger partial charge in [0.1, 0.15) is 35.3 Å². The number of piperazine rings is 1. The lowest BCUT2D eigenvalue weighted by Gasteiger charge is -2.40. The van der Waals surface area contributed by atoms with Crippen LogP contribution in [0.5, 0.6) is 11.5 Å². The van der Waals surface area contributed by atoms with Gasteiger partial charge in [-0.3, -0.25) is 29.7 Å². The average Bonchev–Trinajstić information content (AvgIpc) is 3.68. The summed E-state index contributed by atoms with van der Waals surface area (Å²) >= 11 is 0. The molecule has 316 valence electrons. The van der Waals surface area contributed by atoms with Crippen LogP contribution in [0.1, 0.15) is 87.1 Å². The minimum absolute atomic E-state index is 0.0451. The van der Waals surface area contributed by atoms with Gasteiger partial charge in [-0.05, 0) is 101 Å². The summed E-state index contributed by atoms with van der Waals surface area (Å²) < 4.78 is 18.9. The number of imide groups is 1. The number of aromatic amines is 1. The Morgan fingerprint density at radius 3 is 2.38 bits per heavy atom. The van der Waals surface area contributed by atoms with Gasteiger partial charge < -0.3 is 28.9 Å². The number of H-pyrrole nitrogens is 1. The summed E-state index contributed by atoms with van der Waals surface area (Å²) in [5, 5.41) is 11.1. The molecule has 1 unspecified atom stereocenters. The summed E-state index contributed by atoms with van der Waals surface area (Å²) in [6.07, 6.45) is 11.6. The van der Waals surface area contributed by atoms with Gasteiger partial charge >= 0.3 is 0 Å². The lowest BCUT2D eigenvalue weighted by molar-refractivity contribution is -0.136. The topological polar surface area (TPSA) is 158 Å². The molecule has 2 N–H and O–H groups in total. The highest BCUT2D eigenvalue weighted by molar-refractivity contribution is 6.06. The van der Waals surface area contributed by atoms with Crippen molar-refractivity contribution in [2.75, 3.05) is 62.7 Å². The van der Waals surface area contributed by atoms with E-state index >= 15 is 0 Å². The molecule has 0 bridgehead atoms. The molecule has 2 aromatic carbocycles. The number of nitrogens with zero attached hydrogens (tertiary/aromatic N) is 7. The zero-order valence-corrected chi connectivity index (χ0v) is 34.7. The van der Waals surface area contributed by atoms with E-state index in [4.69, 9.17) is 14.2 Å². The van der Waals surface area contributed by atoms with Crippen molar-refractivity contribution < 1.29 is 28.6 Å². The molecular formula is C45H55N9O6. The van der Waals surface area contributed by atoms with Gasteiger partial charge in [0.15, 0.2) is 0 Å². The number of hydrogen-bond acceptors (Lipinski definition) is 12. The standard InChI is InChI=1S/C45H55N9O6/c1-45(15-16-45)60-31-7-9-35-33(23-31)41(50-49-35)36-24-39(47-27-46-36)53-17-13-30(14-18-53)59-29-5-3-28(4-6-29)25-51-19-21-52(22-20-51)37-10-8-32-34(42(37)58-2)26-54(44(32)57)38-11-12-40(55)48-43(38)56/h7-10,23-24,27-30,38H,3-6,11-22,25-26H2,1-2H3,(H,49,50)(H,48,55,56)/t28-,29-,38?. The van der Waals surface area contributed by atoms with Gasteiger partial charge in [-0.25, -0.2) is 9.97 Å². The lowest BCUT2D eigenvalue weighted by atomic mass is 9.86. The van der Waals surface area contributed by atoms with Crippen LogP contribution in [-0.4, -0.2) is 124 Å². The first-order valence-electron chi connectivity index (χ1n) is 21.9. The minimum atomic E-state index is -0.647. The Morgan fingerprint density at radius 2 is 1.63 bits per heavy atom. The van der Waals surface area contributed by atoms with Crippen molar-refractivity contribution in [3.05, 3.63) is 53.9 Å². The van der Waals surface area contributed by atoms with E-state index in [9.17, 15) is 14.4 Å². The van der Waals surface area contributed by atoms with Crippen LogP contribution in [0, 0.1) is 5.92 Å². The molecule has 0 spiro atoms. The highest BCUT2D eigenvalue weighted by Gasteiger charge is 2.42. The summed E-state index contributed by atoms with van der Waals surface area (Å²) in [6, 6.07) is 11.3. The van der Waals surface area contributed by atoms with E-state index in [2.05, 4.69) is 59.2 Å². The second-order valence-electron chi connectivity index (χ2n) is 17.9. The van der Waals surface area contributed by atoms with Gasteiger partial charge in [-0.15, -0.1) is 0 Å². The Labute approximate surface area is 350 Å². The number of carbonyl (C=O) groups excluding carboxylic acids is 3. The SMILES string of the molecule is COc1c(N2CCN(C[C@H]3CC[C@H](OC4CCN(c5cc(-c6[nH]nc7ccc(OC8(C)CC8)cc67)ncn5)CC4)CC3)CC2)ccc2c1CN(C1CCC(=O)NC1=O)C2=O. The molecule has 2 aliphatic carbocycles. The van der Waals surface area contributed by atoms with Crippen LogP contribution >= 0.6 is 0 Å². The van der Waals surface area contributed by atoms with E-state index in [0.29, 0.717) is 36.3 Å². The Kier molecular flexibility index (Phi) is 10.3. The average molecular weight is 818 g/mol. The summed E-state index contributed by atoms with van der Waals surface area (Å²) in [6.45, 7) is 9.07. The smallest absolute Gasteiger partial charge is 0.255 e. The van der Waals surface area contributed by atoms with Crippen molar-refractivity contribution in [2.45, 2.75) is 102 Å². The number of carbonyl (C=O) groups is 3. The fourth-order valence-corrected chi connectivity index (χ4v) is 10.0. The predicted octanol–water partition coefficient (Wildman–Crippen LogP) is 5.09. The highest BCUT2D eigenvalue weighted by atomic mass is 16.5. The molecule has 4 aromatic rings. The van der Waals surface area contributed by atoms with Crippen LogP contribution in [0.4, 0.5) is 11.5 Å². The molecule has 5 fully saturated rings. The first-order chi connectivity index (χ1) is 29.2. The molecule has 3 amide bonds. The number of amides is 3. The van der Waals surface area contributed by atoms with E-state index in [0.717, 1.165) is 129 Å². The number of rotatable bonds is 11. The first kappa shape index (κ1) is 38.9. The number of hydrogen-bond donors (Lipinski definition) is 2. The zero-order chi connectivity index (χ0) is 41.0. The zero-order valence-electron chi connectivity index (χ0n) is 34.7. The van der Waals surface area contributed by atoms with E-state index in [-0.39, 0.29) is 29.9 Å². The quantitative estimate of drug-likeness (QED) is 0.194. The summed E-state index contributed by atoms with van der Waals surface area (Å²) in [4.78, 5) is 55.8. The predicted molar refractivity (Wildman–Crippen MR) is 225 cm³/mol. The third-order valence-corrected chi connectivity index (χ3v) is 13.8. The largest absolute Gasteiger partial charge is 0.494 e. The number of anilines is 2. The number of fused-ring (bicyclic) bond motifs is 2. The minimum Gasteiger partial charge on any atom is -0.494 e. The molecule has 60 heavy (non-hydrogen) atoms. The number of nitrogens with one attached hydrogen (secondary N) is 2. The second kappa shape index (κ2) is 16.0. The third kappa shape index (κ3) is 7.77. The van der Waals surface area contributed by atoms with Crippen LogP contribution in [0.3, 0.4) is 0 Å². The Morgan fingerprint density at radius 1 is 0.850 bits per heavy atom. The maximum absolute atomic E-state index is 13.4. The van der Waals surface area contributed by atoms with Gasteiger partial charge in [-0.1, -0.05) is 0 Å². The highest BCUT2D eigenvalue weighted by Crippen LogP contribution is 2.42. The fraction of sp³-hybridized carbons (Fsp3) is 0.556. The maximum Gasteiger partial charge on any atom is 0.255 e. The molecule has 0 radical (unpaired) electrons. The van der Waals surface area contributed by atoms with E-state index in [1.54, 1.807) is 18.3 Å². The molecule has 1 atom stereocenters. The van der Waals surface area contributed by atoms with E-state index < -0.39 is 11.9 Å². The molecule has 15 heteroatoms. The normalized spacial score (nSPS) is 24.8. The second-order valence-corrected chi connectivity index (χ2v) is 17.9. The molecule has 6 aliphatic rings. The maximum atomic E-state index is 13.4. The molecule has 10 rings (SSSR count). The molecule has 3 saturated heterocycles. The number of benzene rings is 2. The van der Waals surface area contributed by atoms with Crippen molar-refractivity contribution >= 4 is 40.1 Å². The van der Waals surface area contributed by atoms with Gasteiger partial charge in [0, 0.05) is 74.8 Å². The van der Waals surface area contributed by atoms with Crippen molar-refractivity contribution in [1.82, 2.24) is 35.3 Å². The summed E-state index contributed by atoms with van der Waals surface area (Å²) in [5.74, 6) is 2.31. The monoisotopic (exact) mass is 817 g/mol. The van der Waals surface area contributed by atoms with Crippen molar-refractivity contribution in [3.8, 4) is 22.9 Å². The van der Waals surface area contributed by atoms with Crippen LogP contribution in [-0.2, 0) is 20.9 Å². The van der Waals surface area contributed by atoms with Crippen LogP contribution in [0.15, 0.2) is 42.7 Å². The number of aromatic nitrogens is 4. The van der Waals surface area contributed by atoms with Crippen molar-refractivity contribution in [1.29, 1.82) is 0 Å². The Hall–Kier alpha value is -5.28. The number of piperidine rings is 2. The van der Waals surface area contributed by atoms with Gasteiger partial charge in [0.25, 0.3) is 5.91 Å². The molecular weight excluding hydrogens is 763 g/mol. The summed E-state index contributed by atoms with van der Waals surface area (Å²) in [5.41, 5.74) is 4.94. The van der Waals surface area contributed by atoms with Gasteiger partial charge in [-0.2, -0.15) is 5.10 Å². The van der Waals surface area contributed by atoms with E-state index in [1.807, 2.05) is 24.3 Å². The number of methoxy groups -OCH3 is 1. The first-order valence-corrected chi connectivity index (χ1v) is 21.9.